The second-order valence-corrected chi connectivity index (χ2v) is 7.34. The molecule has 1 amide bonds. The SMILES string of the molecule is COC(=O)c1ccc(C(=O)N2CCCc3cc(C(C)C)ccc32)s1. The van der Waals surface area contributed by atoms with E-state index in [1.54, 1.807) is 12.1 Å². The van der Waals surface area contributed by atoms with Crippen molar-refractivity contribution in [1.29, 1.82) is 0 Å². The Morgan fingerprint density at radius 1 is 1.17 bits per heavy atom. The molecule has 126 valence electrons. The Balaban J connectivity index is 1.90. The van der Waals surface area contributed by atoms with Gasteiger partial charge in [0.2, 0.25) is 0 Å². The van der Waals surface area contributed by atoms with Crippen LogP contribution in [0, 0.1) is 0 Å². The summed E-state index contributed by atoms with van der Waals surface area (Å²) >= 11 is 1.18. The molecule has 3 rings (SSSR count). The fraction of sp³-hybridized carbons (Fsp3) is 0.368. The highest BCUT2D eigenvalue weighted by Gasteiger charge is 2.25. The number of amides is 1. The van der Waals surface area contributed by atoms with Crippen molar-refractivity contribution in [2.24, 2.45) is 0 Å². The van der Waals surface area contributed by atoms with Gasteiger partial charge in [-0.3, -0.25) is 4.79 Å². The molecule has 1 aromatic carbocycles. The van der Waals surface area contributed by atoms with Gasteiger partial charge in [0, 0.05) is 12.2 Å². The predicted molar refractivity (Wildman–Crippen MR) is 96.2 cm³/mol. The minimum atomic E-state index is -0.403. The van der Waals surface area contributed by atoms with Gasteiger partial charge in [-0.1, -0.05) is 26.0 Å². The van der Waals surface area contributed by atoms with Gasteiger partial charge in [0.1, 0.15) is 4.88 Å². The van der Waals surface area contributed by atoms with Gasteiger partial charge in [-0.05, 0) is 48.1 Å². The second-order valence-electron chi connectivity index (χ2n) is 6.26. The summed E-state index contributed by atoms with van der Waals surface area (Å²) in [5.41, 5.74) is 3.52. The first-order chi connectivity index (χ1) is 11.5. The number of esters is 1. The Morgan fingerprint density at radius 2 is 1.92 bits per heavy atom. The number of nitrogens with zero attached hydrogens (tertiary/aromatic N) is 1. The fourth-order valence-corrected chi connectivity index (χ4v) is 3.86. The zero-order valence-electron chi connectivity index (χ0n) is 14.2. The molecule has 0 N–H and O–H groups in total. The van der Waals surface area contributed by atoms with Gasteiger partial charge in [-0.25, -0.2) is 4.79 Å². The number of carbonyl (C=O) groups is 2. The molecule has 0 aliphatic carbocycles. The molecular formula is C19H21NO3S. The van der Waals surface area contributed by atoms with Crippen molar-refractivity contribution in [2.75, 3.05) is 18.6 Å². The first kappa shape index (κ1) is 16.7. The Hall–Kier alpha value is -2.14. The molecule has 0 unspecified atom stereocenters. The summed E-state index contributed by atoms with van der Waals surface area (Å²) in [5, 5.41) is 0. The third-order valence-corrected chi connectivity index (χ3v) is 5.39. The molecule has 0 atom stereocenters. The van der Waals surface area contributed by atoms with Gasteiger partial charge < -0.3 is 9.64 Å². The maximum atomic E-state index is 12.9. The third-order valence-electron chi connectivity index (χ3n) is 4.34. The molecule has 4 nitrogen and oxygen atoms in total. The van der Waals surface area contributed by atoms with Crippen LogP contribution >= 0.6 is 11.3 Å². The lowest BCUT2D eigenvalue weighted by Crippen LogP contribution is -2.35. The number of benzene rings is 1. The van der Waals surface area contributed by atoms with E-state index in [4.69, 9.17) is 4.74 Å². The van der Waals surface area contributed by atoms with Crippen LogP contribution in [-0.4, -0.2) is 25.5 Å². The van der Waals surface area contributed by atoms with Gasteiger partial charge in [0.05, 0.1) is 12.0 Å². The van der Waals surface area contributed by atoms with Crippen molar-refractivity contribution in [1.82, 2.24) is 0 Å². The van der Waals surface area contributed by atoms with Gasteiger partial charge >= 0.3 is 5.97 Å². The van der Waals surface area contributed by atoms with E-state index in [0.717, 1.165) is 18.5 Å². The fourth-order valence-electron chi connectivity index (χ4n) is 2.98. The Labute approximate surface area is 146 Å². The van der Waals surface area contributed by atoms with E-state index in [0.29, 0.717) is 22.2 Å². The number of aryl methyl sites for hydroxylation is 1. The van der Waals surface area contributed by atoms with E-state index >= 15 is 0 Å². The molecule has 0 saturated carbocycles. The normalized spacial score (nSPS) is 13.8. The average molecular weight is 343 g/mol. The lowest BCUT2D eigenvalue weighted by molar-refractivity contribution is 0.0606. The summed E-state index contributed by atoms with van der Waals surface area (Å²) in [7, 11) is 1.34. The van der Waals surface area contributed by atoms with E-state index in [9.17, 15) is 9.59 Å². The van der Waals surface area contributed by atoms with Crippen LogP contribution < -0.4 is 4.90 Å². The van der Waals surface area contributed by atoms with Gasteiger partial charge in [-0.2, -0.15) is 0 Å². The van der Waals surface area contributed by atoms with E-state index in [-0.39, 0.29) is 5.91 Å². The van der Waals surface area contributed by atoms with Crippen LogP contribution in [0.3, 0.4) is 0 Å². The maximum Gasteiger partial charge on any atom is 0.348 e. The molecule has 0 saturated heterocycles. The molecule has 2 aromatic rings. The molecule has 1 aliphatic heterocycles. The highest BCUT2D eigenvalue weighted by atomic mass is 32.1. The quantitative estimate of drug-likeness (QED) is 0.783. The standard InChI is InChI=1S/C19H21NO3S/c1-12(2)13-6-7-15-14(11-13)5-4-10-20(15)18(21)16-8-9-17(24-16)19(22)23-3/h6-9,11-12H,4-5,10H2,1-3H3. The topological polar surface area (TPSA) is 46.6 Å². The van der Waals surface area contributed by atoms with Gasteiger partial charge in [0.25, 0.3) is 5.91 Å². The molecule has 1 aliphatic rings. The second kappa shape index (κ2) is 6.77. The number of fused-ring (bicyclic) bond motifs is 1. The number of thiophene rings is 1. The Morgan fingerprint density at radius 3 is 2.62 bits per heavy atom. The molecule has 0 fully saturated rings. The van der Waals surface area contributed by atoms with Crippen LogP contribution in [-0.2, 0) is 11.2 Å². The molecule has 0 bridgehead atoms. The zero-order chi connectivity index (χ0) is 17.3. The van der Waals surface area contributed by atoms with E-state index in [2.05, 4.69) is 32.0 Å². The van der Waals surface area contributed by atoms with Crippen LogP contribution in [0.2, 0.25) is 0 Å². The van der Waals surface area contributed by atoms with E-state index < -0.39 is 5.97 Å². The van der Waals surface area contributed by atoms with Crippen molar-refractivity contribution in [3.63, 3.8) is 0 Å². The first-order valence-electron chi connectivity index (χ1n) is 8.14. The Bertz CT molecular complexity index is 779. The summed E-state index contributed by atoms with van der Waals surface area (Å²) in [4.78, 5) is 27.3. The summed E-state index contributed by atoms with van der Waals surface area (Å²) in [5.74, 6) is 0.0226. The Kier molecular flexibility index (Phi) is 4.71. The molecule has 2 heterocycles. The van der Waals surface area contributed by atoms with Gasteiger partial charge in [0.15, 0.2) is 0 Å². The van der Waals surface area contributed by atoms with E-state index in [1.807, 2.05) is 4.90 Å². The van der Waals surface area contributed by atoms with Gasteiger partial charge in [-0.15, -0.1) is 11.3 Å². The smallest absolute Gasteiger partial charge is 0.348 e. The van der Waals surface area contributed by atoms with Crippen LogP contribution in [0.4, 0.5) is 5.69 Å². The maximum absolute atomic E-state index is 12.9. The first-order valence-corrected chi connectivity index (χ1v) is 8.95. The van der Waals surface area contributed by atoms with Crippen LogP contribution in [0.5, 0.6) is 0 Å². The number of rotatable bonds is 3. The zero-order valence-corrected chi connectivity index (χ0v) is 15.0. The number of anilines is 1. The minimum Gasteiger partial charge on any atom is -0.465 e. The molecule has 0 spiro atoms. The van der Waals surface area contributed by atoms with Crippen molar-refractivity contribution in [2.45, 2.75) is 32.6 Å². The minimum absolute atomic E-state index is 0.0478. The average Bonchev–Trinajstić information content (AvgIpc) is 3.09. The number of hydrogen-bond acceptors (Lipinski definition) is 4. The van der Waals surface area contributed by atoms with Crippen LogP contribution in [0.1, 0.15) is 56.7 Å². The predicted octanol–water partition coefficient (Wildman–Crippen LogP) is 4.25. The van der Waals surface area contributed by atoms with Crippen molar-refractivity contribution < 1.29 is 14.3 Å². The van der Waals surface area contributed by atoms with Crippen LogP contribution in [0.15, 0.2) is 30.3 Å². The van der Waals surface area contributed by atoms with Crippen molar-refractivity contribution in [3.05, 3.63) is 51.2 Å². The lowest BCUT2D eigenvalue weighted by Gasteiger charge is -2.30. The molecule has 24 heavy (non-hydrogen) atoms. The highest BCUT2D eigenvalue weighted by molar-refractivity contribution is 7.16. The third kappa shape index (κ3) is 3.08. The van der Waals surface area contributed by atoms with Crippen molar-refractivity contribution >= 4 is 28.9 Å². The monoisotopic (exact) mass is 343 g/mol. The highest BCUT2D eigenvalue weighted by Crippen LogP contribution is 2.32. The number of carbonyl (C=O) groups excluding carboxylic acids is 2. The van der Waals surface area contributed by atoms with Crippen molar-refractivity contribution in [3.8, 4) is 0 Å². The molecule has 0 radical (unpaired) electrons. The molecule has 5 heteroatoms. The summed E-state index contributed by atoms with van der Waals surface area (Å²) in [6.07, 6.45) is 1.95. The largest absolute Gasteiger partial charge is 0.465 e. The molecule has 1 aromatic heterocycles. The van der Waals surface area contributed by atoms with Crippen LogP contribution in [0.25, 0.3) is 0 Å². The number of methoxy groups -OCH3 is 1. The lowest BCUT2D eigenvalue weighted by atomic mass is 9.94. The summed E-state index contributed by atoms with van der Waals surface area (Å²) in [6.45, 7) is 5.05. The number of ether oxygens (including phenoxy) is 1. The molecular weight excluding hydrogens is 322 g/mol. The van der Waals surface area contributed by atoms with E-state index in [1.165, 1.54) is 29.6 Å². The summed E-state index contributed by atoms with van der Waals surface area (Å²) in [6, 6.07) is 9.72. The number of hydrogen-bond donors (Lipinski definition) is 0. The summed E-state index contributed by atoms with van der Waals surface area (Å²) < 4.78 is 4.71.